The van der Waals surface area contributed by atoms with Crippen LogP contribution in [0.1, 0.15) is 19.4 Å². The Balaban J connectivity index is 2.44. The van der Waals surface area contributed by atoms with Crippen LogP contribution in [0.3, 0.4) is 0 Å². The molecule has 1 N–H and O–H groups in total. The molecule has 82 valence electrons. The first-order valence-corrected chi connectivity index (χ1v) is 5.80. The lowest BCUT2D eigenvalue weighted by Gasteiger charge is -2.26. The Morgan fingerprint density at radius 2 is 2.27 bits per heavy atom. The summed E-state index contributed by atoms with van der Waals surface area (Å²) in [4.78, 5) is 2.48. The summed E-state index contributed by atoms with van der Waals surface area (Å²) < 4.78 is 0. The van der Waals surface area contributed by atoms with E-state index in [4.69, 9.17) is 0 Å². The molecule has 0 amide bonds. The van der Waals surface area contributed by atoms with Gasteiger partial charge in [0.25, 0.3) is 0 Å². The van der Waals surface area contributed by atoms with E-state index in [0.717, 1.165) is 19.6 Å². The average Bonchev–Trinajstić information content (AvgIpc) is 2.39. The van der Waals surface area contributed by atoms with Crippen LogP contribution in [0.15, 0.2) is 18.2 Å². The van der Waals surface area contributed by atoms with Crippen molar-refractivity contribution in [3.63, 3.8) is 0 Å². The van der Waals surface area contributed by atoms with Gasteiger partial charge in [-0.25, -0.2) is 0 Å². The minimum atomic E-state index is 0.705. The Kier molecular flexibility index (Phi) is 2.85. The highest BCUT2D eigenvalue weighted by atomic mass is 15.2. The Morgan fingerprint density at radius 1 is 1.47 bits per heavy atom. The molecule has 2 heteroatoms. The van der Waals surface area contributed by atoms with E-state index in [9.17, 15) is 0 Å². The first kappa shape index (κ1) is 10.3. The zero-order valence-corrected chi connectivity index (χ0v) is 9.88. The molecule has 0 saturated heterocycles. The van der Waals surface area contributed by atoms with Gasteiger partial charge >= 0.3 is 0 Å². The van der Waals surface area contributed by atoms with Gasteiger partial charge in [0, 0.05) is 19.6 Å². The maximum Gasteiger partial charge on any atom is 0.0631 e. The van der Waals surface area contributed by atoms with Gasteiger partial charge in [-0.15, -0.1) is 0 Å². The highest BCUT2D eigenvalue weighted by molar-refractivity contribution is 5.74. The molecule has 0 bridgehead atoms. The highest BCUT2D eigenvalue weighted by Crippen LogP contribution is 2.32. The summed E-state index contributed by atoms with van der Waals surface area (Å²) in [6.45, 7) is 10.0. The van der Waals surface area contributed by atoms with Gasteiger partial charge in [-0.05, 0) is 31.4 Å². The third-order valence-corrected chi connectivity index (χ3v) is 3.11. The van der Waals surface area contributed by atoms with Crippen LogP contribution in [0.4, 0.5) is 11.4 Å². The minimum absolute atomic E-state index is 0.705. The fourth-order valence-electron chi connectivity index (χ4n) is 2.32. The Labute approximate surface area is 92.3 Å². The quantitative estimate of drug-likeness (QED) is 0.756. The van der Waals surface area contributed by atoms with E-state index in [1.807, 2.05) is 0 Å². The zero-order valence-electron chi connectivity index (χ0n) is 9.88. The highest BCUT2D eigenvalue weighted by Gasteiger charge is 2.18. The maximum absolute atomic E-state index is 3.54. The van der Waals surface area contributed by atoms with Crippen LogP contribution in [-0.2, 0) is 0 Å². The summed E-state index contributed by atoms with van der Waals surface area (Å²) in [6, 6.07) is 6.51. The number of benzene rings is 1. The predicted molar refractivity (Wildman–Crippen MR) is 66.7 cm³/mol. The maximum atomic E-state index is 3.54. The largest absolute Gasteiger partial charge is 0.383 e. The molecule has 1 aromatic rings. The van der Waals surface area contributed by atoms with E-state index < -0.39 is 0 Å². The lowest BCUT2D eigenvalue weighted by atomic mass is 10.1. The van der Waals surface area contributed by atoms with Crippen molar-refractivity contribution >= 4 is 11.4 Å². The van der Waals surface area contributed by atoms with E-state index in [2.05, 4.69) is 49.2 Å². The third-order valence-electron chi connectivity index (χ3n) is 3.11. The third kappa shape index (κ3) is 1.94. The van der Waals surface area contributed by atoms with Crippen molar-refractivity contribution in [2.24, 2.45) is 5.92 Å². The number of hydrogen-bond acceptors (Lipinski definition) is 2. The number of nitrogens with zero attached hydrogens (tertiary/aromatic N) is 1. The van der Waals surface area contributed by atoms with Crippen molar-refractivity contribution in [2.75, 3.05) is 29.9 Å². The zero-order chi connectivity index (χ0) is 10.8. The molecular weight excluding hydrogens is 184 g/mol. The van der Waals surface area contributed by atoms with Crippen LogP contribution in [0.5, 0.6) is 0 Å². The summed E-state index contributed by atoms with van der Waals surface area (Å²) in [5, 5.41) is 3.54. The van der Waals surface area contributed by atoms with Crippen LogP contribution < -0.4 is 10.2 Å². The van der Waals surface area contributed by atoms with Gasteiger partial charge in [0.2, 0.25) is 0 Å². The number of aryl methyl sites for hydroxylation is 1. The van der Waals surface area contributed by atoms with Gasteiger partial charge in [0.05, 0.1) is 11.4 Å². The number of anilines is 2. The molecule has 15 heavy (non-hydrogen) atoms. The molecule has 0 aliphatic carbocycles. The number of rotatable bonds is 1. The molecule has 1 heterocycles. The smallest absolute Gasteiger partial charge is 0.0631 e. The van der Waals surface area contributed by atoms with Gasteiger partial charge in [0.15, 0.2) is 0 Å². The second-order valence-corrected chi connectivity index (χ2v) is 4.50. The van der Waals surface area contributed by atoms with Crippen molar-refractivity contribution < 1.29 is 0 Å². The first-order valence-electron chi connectivity index (χ1n) is 5.80. The number of nitrogens with one attached hydrogen (secondary N) is 1. The van der Waals surface area contributed by atoms with Crippen LogP contribution in [0, 0.1) is 12.8 Å². The lowest BCUT2D eigenvalue weighted by Crippen LogP contribution is -2.28. The number of hydrogen-bond donors (Lipinski definition) is 1. The van der Waals surface area contributed by atoms with Crippen LogP contribution in [0.2, 0.25) is 0 Å². The molecule has 1 aromatic carbocycles. The summed E-state index contributed by atoms with van der Waals surface area (Å²) >= 11 is 0. The van der Waals surface area contributed by atoms with Crippen molar-refractivity contribution in [3.8, 4) is 0 Å². The Morgan fingerprint density at radius 3 is 3.00 bits per heavy atom. The molecule has 2 rings (SSSR count). The molecule has 1 unspecified atom stereocenters. The monoisotopic (exact) mass is 204 g/mol. The molecule has 0 saturated carbocycles. The van der Waals surface area contributed by atoms with Crippen molar-refractivity contribution in [2.45, 2.75) is 20.8 Å². The first-order chi connectivity index (χ1) is 7.22. The molecule has 1 aliphatic heterocycles. The fraction of sp³-hybridized carbons (Fsp3) is 0.538. The molecule has 0 radical (unpaired) electrons. The summed E-state index contributed by atoms with van der Waals surface area (Å²) in [7, 11) is 0. The number of para-hydroxylation sites is 1. The van der Waals surface area contributed by atoms with Gasteiger partial charge in [-0.2, -0.15) is 0 Å². The van der Waals surface area contributed by atoms with Crippen molar-refractivity contribution in [1.29, 1.82) is 0 Å². The summed E-state index contributed by atoms with van der Waals surface area (Å²) in [5.74, 6) is 0.705. The second kappa shape index (κ2) is 4.13. The molecular formula is C13H20N2. The Bertz CT molecular complexity index is 346. The summed E-state index contributed by atoms with van der Waals surface area (Å²) in [5.41, 5.74) is 4.06. The second-order valence-electron chi connectivity index (χ2n) is 4.50. The predicted octanol–water partition coefficient (Wildman–Crippen LogP) is 2.88. The van der Waals surface area contributed by atoms with E-state index in [1.54, 1.807) is 0 Å². The molecule has 2 nitrogen and oxygen atoms in total. The Hall–Kier alpha value is -1.18. The molecule has 0 spiro atoms. The average molecular weight is 204 g/mol. The number of fused-ring (bicyclic) bond motifs is 1. The summed E-state index contributed by atoms with van der Waals surface area (Å²) in [6.07, 6.45) is 0. The van der Waals surface area contributed by atoms with Gasteiger partial charge in [-0.1, -0.05) is 19.1 Å². The molecule has 0 fully saturated rings. The van der Waals surface area contributed by atoms with Crippen molar-refractivity contribution in [1.82, 2.24) is 0 Å². The topological polar surface area (TPSA) is 15.3 Å². The van der Waals surface area contributed by atoms with Gasteiger partial charge in [0.1, 0.15) is 0 Å². The van der Waals surface area contributed by atoms with Gasteiger partial charge in [-0.3, -0.25) is 0 Å². The van der Waals surface area contributed by atoms with Crippen LogP contribution >= 0.6 is 0 Å². The minimum Gasteiger partial charge on any atom is -0.383 e. The van der Waals surface area contributed by atoms with Crippen LogP contribution in [0.25, 0.3) is 0 Å². The SMILES string of the molecule is CCN1CC(C)CNc2cccc(C)c21. The van der Waals surface area contributed by atoms with E-state index >= 15 is 0 Å². The van der Waals surface area contributed by atoms with E-state index in [1.165, 1.54) is 16.9 Å². The van der Waals surface area contributed by atoms with Crippen LogP contribution in [-0.4, -0.2) is 19.6 Å². The normalized spacial score (nSPS) is 20.5. The molecule has 1 aliphatic rings. The van der Waals surface area contributed by atoms with Gasteiger partial charge < -0.3 is 10.2 Å². The fourth-order valence-corrected chi connectivity index (χ4v) is 2.32. The molecule has 0 aromatic heterocycles. The lowest BCUT2D eigenvalue weighted by molar-refractivity contribution is 0.602. The van der Waals surface area contributed by atoms with E-state index in [-0.39, 0.29) is 0 Å². The van der Waals surface area contributed by atoms with Crippen molar-refractivity contribution in [3.05, 3.63) is 23.8 Å². The van der Waals surface area contributed by atoms with E-state index in [0.29, 0.717) is 5.92 Å². The molecule has 1 atom stereocenters. The standard InChI is InChI=1S/C13H20N2/c1-4-15-9-10(2)8-14-12-7-5-6-11(3)13(12)15/h5-7,10,14H,4,8-9H2,1-3H3.